The summed E-state index contributed by atoms with van der Waals surface area (Å²) < 4.78 is 41.1. The van der Waals surface area contributed by atoms with E-state index < -0.39 is 6.36 Å². The molecule has 5 heteroatoms. The van der Waals surface area contributed by atoms with Crippen LogP contribution in [0.3, 0.4) is 0 Å². The SMILES string of the molecule is NCc1cccc(-c2ccccc2OC(F)(F)F)c1. The van der Waals surface area contributed by atoms with Gasteiger partial charge < -0.3 is 10.5 Å². The van der Waals surface area contributed by atoms with E-state index in [4.69, 9.17) is 5.73 Å². The van der Waals surface area contributed by atoms with Crippen molar-refractivity contribution in [1.82, 2.24) is 0 Å². The predicted octanol–water partition coefficient (Wildman–Crippen LogP) is 3.71. The summed E-state index contributed by atoms with van der Waals surface area (Å²) in [6.07, 6.45) is -4.71. The molecule has 0 atom stereocenters. The molecular weight excluding hydrogens is 255 g/mol. The fraction of sp³-hybridized carbons (Fsp3) is 0.143. The minimum atomic E-state index is -4.71. The molecule has 0 aliphatic rings. The van der Waals surface area contributed by atoms with Crippen LogP contribution in [0.1, 0.15) is 5.56 Å². The van der Waals surface area contributed by atoms with Crippen LogP contribution in [0, 0.1) is 0 Å². The van der Waals surface area contributed by atoms with E-state index in [0.717, 1.165) is 5.56 Å². The van der Waals surface area contributed by atoms with E-state index in [1.807, 2.05) is 6.07 Å². The molecule has 0 aliphatic heterocycles. The first kappa shape index (κ1) is 13.4. The van der Waals surface area contributed by atoms with Crippen molar-refractivity contribution < 1.29 is 17.9 Å². The van der Waals surface area contributed by atoms with E-state index in [-0.39, 0.29) is 5.75 Å². The highest BCUT2D eigenvalue weighted by atomic mass is 19.4. The zero-order chi connectivity index (χ0) is 13.9. The van der Waals surface area contributed by atoms with Crippen LogP contribution in [0.2, 0.25) is 0 Å². The molecule has 0 spiro atoms. The third-order valence-corrected chi connectivity index (χ3v) is 2.59. The van der Waals surface area contributed by atoms with Gasteiger partial charge in [-0.15, -0.1) is 13.2 Å². The second-order valence-corrected chi connectivity index (χ2v) is 3.95. The van der Waals surface area contributed by atoms with Crippen LogP contribution in [-0.4, -0.2) is 6.36 Å². The molecule has 2 rings (SSSR count). The van der Waals surface area contributed by atoms with Crippen LogP contribution in [-0.2, 0) is 6.54 Å². The van der Waals surface area contributed by atoms with Gasteiger partial charge in [0.2, 0.25) is 0 Å². The van der Waals surface area contributed by atoms with Gasteiger partial charge in [-0.2, -0.15) is 0 Å². The van der Waals surface area contributed by atoms with Gasteiger partial charge in [0.1, 0.15) is 5.75 Å². The lowest BCUT2D eigenvalue weighted by molar-refractivity contribution is -0.274. The van der Waals surface area contributed by atoms with Gasteiger partial charge in [0.05, 0.1) is 0 Å². The summed E-state index contributed by atoms with van der Waals surface area (Å²) in [4.78, 5) is 0. The van der Waals surface area contributed by atoms with E-state index in [9.17, 15) is 13.2 Å². The van der Waals surface area contributed by atoms with E-state index in [2.05, 4.69) is 4.74 Å². The highest BCUT2D eigenvalue weighted by molar-refractivity contribution is 5.70. The third-order valence-electron chi connectivity index (χ3n) is 2.59. The van der Waals surface area contributed by atoms with Crippen molar-refractivity contribution in [2.24, 2.45) is 5.73 Å². The quantitative estimate of drug-likeness (QED) is 0.920. The van der Waals surface area contributed by atoms with Crippen molar-refractivity contribution in [2.45, 2.75) is 12.9 Å². The van der Waals surface area contributed by atoms with Crippen LogP contribution in [0.15, 0.2) is 48.5 Å². The lowest BCUT2D eigenvalue weighted by Gasteiger charge is -2.13. The molecule has 2 nitrogen and oxygen atoms in total. The Labute approximate surface area is 108 Å². The fourth-order valence-electron chi connectivity index (χ4n) is 1.78. The predicted molar refractivity (Wildman–Crippen MR) is 66.5 cm³/mol. The Morgan fingerprint density at radius 1 is 1.00 bits per heavy atom. The summed E-state index contributed by atoms with van der Waals surface area (Å²) in [5, 5.41) is 0. The Bertz CT molecular complexity index is 567. The number of hydrogen-bond donors (Lipinski definition) is 1. The topological polar surface area (TPSA) is 35.2 Å². The van der Waals surface area contributed by atoms with Crippen molar-refractivity contribution in [3.8, 4) is 16.9 Å². The second kappa shape index (κ2) is 5.32. The van der Waals surface area contributed by atoms with E-state index >= 15 is 0 Å². The number of rotatable bonds is 3. The third kappa shape index (κ3) is 3.48. The maximum atomic E-state index is 12.3. The van der Waals surface area contributed by atoms with Gasteiger partial charge >= 0.3 is 6.36 Å². The minimum absolute atomic E-state index is 0.218. The number of nitrogens with two attached hydrogens (primary N) is 1. The van der Waals surface area contributed by atoms with Gasteiger partial charge in [0, 0.05) is 12.1 Å². The molecule has 0 saturated carbocycles. The summed E-state index contributed by atoms with van der Waals surface area (Å²) in [5.74, 6) is -0.218. The lowest BCUT2D eigenvalue weighted by atomic mass is 10.0. The van der Waals surface area contributed by atoms with Crippen molar-refractivity contribution in [3.05, 3.63) is 54.1 Å². The molecule has 0 fully saturated rings. The van der Waals surface area contributed by atoms with Gasteiger partial charge in [-0.1, -0.05) is 36.4 Å². The zero-order valence-corrected chi connectivity index (χ0v) is 9.95. The van der Waals surface area contributed by atoms with Crippen LogP contribution < -0.4 is 10.5 Å². The molecule has 0 saturated heterocycles. The number of benzene rings is 2. The maximum Gasteiger partial charge on any atom is 0.573 e. The largest absolute Gasteiger partial charge is 0.573 e. The van der Waals surface area contributed by atoms with Gasteiger partial charge in [-0.25, -0.2) is 0 Å². The molecule has 0 aromatic heterocycles. The molecule has 0 bridgehead atoms. The zero-order valence-electron chi connectivity index (χ0n) is 9.95. The average molecular weight is 267 g/mol. The van der Waals surface area contributed by atoms with Crippen molar-refractivity contribution in [2.75, 3.05) is 0 Å². The molecule has 2 N–H and O–H groups in total. The van der Waals surface area contributed by atoms with E-state index in [1.54, 1.807) is 30.3 Å². The number of alkyl halides is 3. The van der Waals surface area contributed by atoms with E-state index in [1.165, 1.54) is 12.1 Å². The van der Waals surface area contributed by atoms with Gasteiger partial charge in [-0.05, 0) is 23.3 Å². The highest BCUT2D eigenvalue weighted by Gasteiger charge is 2.32. The van der Waals surface area contributed by atoms with Gasteiger partial charge in [-0.3, -0.25) is 0 Å². The highest BCUT2D eigenvalue weighted by Crippen LogP contribution is 2.33. The number of para-hydroxylation sites is 1. The van der Waals surface area contributed by atoms with E-state index in [0.29, 0.717) is 17.7 Å². The molecule has 0 radical (unpaired) electrons. The van der Waals surface area contributed by atoms with Crippen LogP contribution in [0.25, 0.3) is 11.1 Å². The average Bonchev–Trinajstić information content (AvgIpc) is 2.37. The Balaban J connectivity index is 2.44. The Morgan fingerprint density at radius 3 is 2.42 bits per heavy atom. The molecule has 0 aliphatic carbocycles. The standard InChI is InChI=1S/C14H12F3NO/c15-14(16,17)19-13-7-2-1-6-12(13)11-5-3-4-10(8-11)9-18/h1-8H,9,18H2. The Kier molecular flexibility index (Phi) is 3.76. The monoisotopic (exact) mass is 267 g/mol. The van der Waals surface area contributed by atoms with Crippen LogP contribution in [0.5, 0.6) is 5.75 Å². The molecule has 0 unspecified atom stereocenters. The first-order valence-electron chi connectivity index (χ1n) is 5.64. The smallest absolute Gasteiger partial charge is 0.405 e. The maximum absolute atomic E-state index is 12.3. The first-order chi connectivity index (χ1) is 8.99. The molecular formula is C14H12F3NO. The number of hydrogen-bond acceptors (Lipinski definition) is 2. The summed E-state index contributed by atoms with van der Waals surface area (Å²) in [6.45, 7) is 0.329. The summed E-state index contributed by atoms with van der Waals surface area (Å²) in [7, 11) is 0. The van der Waals surface area contributed by atoms with Crippen LogP contribution in [0.4, 0.5) is 13.2 Å². The van der Waals surface area contributed by atoms with Crippen molar-refractivity contribution in [3.63, 3.8) is 0 Å². The van der Waals surface area contributed by atoms with Gasteiger partial charge in [0.15, 0.2) is 0 Å². The minimum Gasteiger partial charge on any atom is -0.405 e. The molecule has 2 aromatic carbocycles. The number of ether oxygens (including phenoxy) is 1. The normalized spacial score (nSPS) is 11.4. The Morgan fingerprint density at radius 2 is 1.74 bits per heavy atom. The molecule has 0 heterocycles. The van der Waals surface area contributed by atoms with Crippen molar-refractivity contribution in [1.29, 1.82) is 0 Å². The fourth-order valence-corrected chi connectivity index (χ4v) is 1.78. The summed E-state index contributed by atoms with van der Waals surface area (Å²) in [5.41, 5.74) is 7.40. The first-order valence-corrected chi connectivity index (χ1v) is 5.64. The molecule has 100 valence electrons. The van der Waals surface area contributed by atoms with Crippen molar-refractivity contribution >= 4 is 0 Å². The molecule has 19 heavy (non-hydrogen) atoms. The number of halogens is 3. The Hall–Kier alpha value is -2.01. The molecule has 0 amide bonds. The lowest BCUT2D eigenvalue weighted by Crippen LogP contribution is -2.17. The summed E-state index contributed by atoms with van der Waals surface area (Å²) in [6, 6.07) is 13.1. The molecule has 2 aromatic rings. The van der Waals surface area contributed by atoms with Crippen LogP contribution >= 0.6 is 0 Å². The second-order valence-electron chi connectivity index (χ2n) is 3.95. The van der Waals surface area contributed by atoms with Gasteiger partial charge in [0.25, 0.3) is 0 Å². The summed E-state index contributed by atoms with van der Waals surface area (Å²) >= 11 is 0.